The first-order chi connectivity index (χ1) is 8.58. The molecule has 0 amide bonds. The molecule has 0 saturated carbocycles. The fourth-order valence-corrected chi connectivity index (χ4v) is 2.20. The molecule has 7 heteroatoms. The maximum absolute atomic E-state index is 11.6. The Kier molecular flexibility index (Phi) is 3.65. The molecular weight excluding hydrogens is 240 g/mol. The van der Waals surface area contributed by atoms with E-state index >= 15 is 0 Å². The van der Waals surface area contributed by atoms with Crippen molar-refractivity contribution in [2.45, 2.75) is 37.9 Å². The van der Waals surface area contributed by atoms with Gasteiger partial charge in [0, 0.05) is 19.4 Å². The molecule has 1 saturated heterocycles. The molecule has 0 bridgehead atoms. The Bertz CT molecular complexity index is 523. The number of nitrogens with zero attached hydrogens (tertiary/aromatic N) is 1. The van der Waals surface area contributed by atoms with Crippen molar-refractivity contribution in [2.75, 3.05) is 7.11 Å². The second-order valence-corrected chi connectivity index (χ2v) is 4.18. The van der Waals surface area contributed by atoms with Crippen molar-refractivity contribution < 1.29 is 14.6 Å². The fourth-order valence-electron chi connectivity index (χ4n) is 2.20. The summed E-state index contributed by atoms with van der Waals surface area (Å²) >= 11 is 0. The van der Waals surface area contributed by atoms with Crippen LogP contribution in [0.2, 0.25) is 0 Å². The number of aliphatic hydroxyl groups is 1. The SMILES string of the molecule is CC[C@H]1O[C@H](n2ccc(=O)[nH]c2=O)C(O)[C@H]1OC. The lowest BCUT2D eigenvalue weighted by Gasteiger charge is -2.18. The Balaban J connectivity index is 2.34. The first-order valence-electron chi connectivity index (χ1n) is 5.76. The van der Waals surface area contributed by atoms with Crippen molar-refractivity contribution in [3.8, 4) is 0 Å². The third kappa shape index (κ3) is 2.12. The van der Waals surface area contributed by atoms with Crippen LogP contribution >= 0.6 is 0 Å². The maximum Gasteiger partial charge on any atom is 0.330 e. The van der Waals surface area contributed by atoms with Crippen molar-refractivity contribution in [1.29, 1.82) is 0 Å². The minimum Gasteiger partial charge on any atom is -0.386 e. The molecule has 1 fully saturated rings. The summed E-state index contributed by atoms with van der Waals surface area (Å²) in [6.07, 6.45) is -0.607. The second-order valence-electron chi connectivity index (χ2n) is 4.18. The van der Waals surface area contributed by atoms with E-state index in [9.17, 15) is 14.7 Å². The Morgan fingerprint density at radius 1 is 1.56 bits per heavy atom. The first-order valence-corrected chi connectivity index (χ1v) is 5.76. The van der Waals surface area contributed by atoms with Gasteiger partial charge in [-0.15, -0.1) is 0 Å². The molecule has 100 valence electrons. The van der Waals surface area contributed by atoms with E-state index in [1.807, 2.05) is 6.92 Å². The van der Waals surface area contributed by atoms with E-state index < -0.39 is 29.7 Å². The number of aromatic nitrogens is 2. The summed E-state index contributed by atoms with van der Waals surface area (Å²) in [4.78, 5) is 24.7. The predicted octanol–water partition coefficient (Wildman–Crippen LogP) is -0.780. The monoisotopic (exact) mass is 256 g/mol. The lowest BCUT2D eigenvalue weighted by molar-refractivity contribution is -0.0405. The molecule has 1 aromatic rings. The number of methoxy groups -OCH3 is 1. The average Bonchev–Trinajstić information content (AvgIpc) is 2.66. The quantitative estimate of drug-likeness (QED) is 0.740. The number of aliphatic hydroxyl groups excluding tert-OH is 1. The van der Waals surface area contributed by atoms with Gasteiger partial charge < -0.3 is 14.6 Å². The average molecular weight is 256 g/mol. The van der Waals surface area contributed by atoms with Gasteiger partial charge >= 0.3 is 5.69 Å². The number of rotatable bonds is 3. The summed E-state index contributed by atoms with van der Waals surface area (Å²) in [7, 11) is 1.48. The highest BCUT2D eigenvalue weighted by Crippen LogP contribution is 2.31. The van der Waals surface area contributed by atoms with E-state index in [0.29, 0.717) is 6.42 Å². The molecular formula is C11H16N2O5. The van der Waals surface area contributed by atoms with Crippen LogP contribution in [0.15, 0.2) is 21.9 Å². The topological polar surface area (TPSA) is 93.6 Å². The molecule has 7 nitrogen and oxygen atoms in total. The molecule has 0 aromatic carbocycles. The van der Waals surface area contributed by atoms with Crippen molar-refractivity contribution in [3.63, 3.8) is 0 Å². The molecule has 2 heterocycles. The molecule has 1 aliphatic rings. The zero-order valence-electron chi connectivity index (χ0n) is 10.2. The smallest absolute Gasteiger partial charge is 0.330 e. The van der Waals surface area contributed by atoms with Crippen LogP contribution in [0, 0.1) is 0 Å². The standard InChI is InChI=1S/C11H16N2O5/c1-3-6-9(17-2)8(15)10(18-6)13-5-4-7(14)12-11(13)16/h4-6,8-10,15H,3H2,1-2H3,(H,12,14,16)/t6-,8?,9+,10+/m1/s1. The highest BCUT2D eigenvalue weighted by atomic mass is 16.6. The maximum atomic E-state index is 11.6. The third-order valence-corrected chi connectivity index (χ3v) is 3.11. The third-order valence-electron chi connectivity index (χ3n) is 3.11. The van der Waals surface area contributed by atoms with Crippen molar-refractivity contribution in [1.82, 2.24) is 9.55 Å². The number of ether oxygens (including phenoxy) is 2. The molecule has 4 atom stereocenters. The first kappa shape index (κ1) is 13.0. The van der Waals surface area contributed by atoms with Crippen LogP contribution in [0.3, 0.4) is 0 Å². The lowest BCUT2D eigenvalue weighted by Crippen LogP contribution is -2.38. The number of hydrogen-bond acceptors (Lipinski definition) is 5. The van der Waals surface area contributed by atoms with Gasteiger partial charge in [-0.1, -0.05) is 6.92 Å². The van der Waals surface area contributed by atoms with Gasteiger partial charge in [0.15, 0.2) is 6.23 Å². The molecule has 18 heavy (non-hydrogen) atoms. The fraction of sp³-hybridized carbons (Fsp3) is 0.636. The van der Waals surface area contributed by atoms with E-state index in [-0.39, 0.29) is 6.10 Å². The highest BCUT2D eigenvalue weighted by molar-refractivity contribution is 4.93. The summed E-state index contributed by atoms with van der Waals surface area (Å²) in [5, 5.41) is 10.1. The minimum absolute atomic E-state index is 0.283. The molecule has 1 aromatic heterocycles. The zero-order valence-corrected chi connectivity index (χ0v) is 10.2. The van der Waals surface area contributed by atoms with E-state index in [0.717, 1.165) is 4.57 Å². The molecule has 0 aliphatic carbocycles. The molecule has 1 aliphatic heterocycles. The Hall–Kier alpha value is -1.44. The summed E-state index contributed by atoms with van der Waals surface area (Å²) in [5.74, 6) is 0. The van der Waals surface area contributed by atoms with Gasteiger partial charge in [0.25, 0.3) is 5.56 Å². The summed E-state index contributed by atoms with van der Waals surface area (Å²) < 4.78 is 11.9. The van der Waals surface area contributed by atoms with Gasteiger partial charge in [-0.05, 0) is 6.42 Å². The van der Waals surface area contributed by atoms with Gasteiger partial charge in [-0.25, -0.2) is 4.79 Å². The zero-order chi connectivity index (χ0) is 13.3. The van der Waals surface area contributed by atoms with Gasteiger partial charge in [-0.2, -0.15) is 0 Å². The molecule has 0 spiro atoms. The number of nitrogens with one attached hydrogen (secondary N) is 1. The van der Waals surface area contributed by atoms with Crippen LogP contribution in [-0.2, 0) is 9.47 Å². The van der Waals surface area contributed by atoms with E-state index in [4.69, 9.17) is 9.47 Å². The minimum atomic E-state index is -0.955. The predicted molar refractivity (Wildman–Crippen MR) is 62.3 cm³/mol. The lowest BCUT2D eigenvalue weighted by atomic mass is 10.1. The Morgan fingerprint density at radius 3 is 2.78 bits per heavy atom. The summed E-state index contributed by atoms with van der Waals surface area (Å²) in [6, 6.07) is 1.21. The van der Waals surface area contributed by atoms with Crippen molar-refractivity contribution in [2.24, 2.45) is 0 Å². The largest absolute Gasteiger partial charge is 0.386 e. The van der Waals surface area contributed by atoms with Gasteiger partial charge in [-0.3, -0.25) is 14.3 Å². The van der Waals surface area contributed by atoms with Crippen molar-refractivity contribution >= 4 is 0 Å². The van der Waals surface area contributed by atoms with Crippen LogP contribution in [0.4, 0.5) is 0 Å². The van der Waals surface area contributed by atoms with E-state index in [1.165, 1.54) is 19.4 Å². The highest BCUT2D eigenvalue weighted by Gasteiger charge is 2.44. The number of H-pyrrole nitrogens is 1. The summed E-state index contributed by atoms with van der Waals surface area (Å²) in [6.45, 7) is 1.90. The molecule has 2 N–H and O–H groups in total. The van der Waals surface area contributed by atoms with Crippen LogP contribution in [-0.4, -0.2) is 40.1 Å². The van der Waals surface area contributed by atoms with Crippen molar-refractivity contribution in [3.05, 3.63) is 33.1 Å². The van der Waals surface area contributed by atoms with Gasteiger partial charge in [0.1, 0.15) is 12.2 Å². The normalized spacial score (nSPS) is 31.7. The summed E-state index contributed by atoms with van der Waals surface area (Å²) in [5.41, 5.74) is -1.10. The molecule has 2 rings (SSSR count). The molecule has 1 unspecified atom stereocenters. The van der Waals surface area contributed by atoms with Crippen LogP contribution in [0.1, 0.15) is 19.6 Å². The van der Waals surface area contributed by atoms with E-state index in [1.54, 1.807) is 0 Å². The number of aromatic amines is 1. The second kappa shape index (κ2) is 5.05. The van der Waals surface area contributed by atoms with Gasteiger partial charge in [0.2, 0.25) is 0 Å². The van der Waals surface area contributed by atoms with E-state index in [2.05, 4.69) is 4.98 Å². The van der Waals surface area contributed by atoms with Crippen LogP contribution in [0.25, 0.3) is 0 Å². The Morgan fingerprint density at radius 2 is 2.28 bits per heavy atom. The van der Waals surface area contributed by atoms with Crippen LogP contribution < -0.4 is 11.2 Å². The van der Waals surface area contributed by atoms with Gasteiger partial charge in [0.05, 0.1) is 6.10 Å². The Labute approximate surface area is 103 Å². The number of hydrogen-bond donors (Lipinski definition) is 2. The molecule has 0 radical (unpaired) electrons. The van der Waals surface area contributed by atoms with Crippen LogP contribution in [0.5, 0.6) is 0 Å².